The van der Waals surface area contributed by atoms with E-state index in [9.17, 15) is 9.18 Å². The van der Waals surface area contributed by atoms with E-state index in [0.717, 1.165) is 19.6 Å². The zero-order valence-electron chi connectivity index (χ0n) is 15.9. The molecular weight excluding hydrogens is 413 g/mol. The summed E-state index contributed by atoms with van der Waals surface area (Å²) >= 11 is 3.25. The van der Waals surface area contributed by atoms with Gasteiger partial charge in [0, 0.05) is 30.8 Å². The van der Waals surface area contributed by atoms with Crippen molar-refractivity contribution >= 4 is 35.1 Å². The monoisotopic (exact) mass is 431 g/mol. The summed E-state index contributed by atoms with van der Waals surface area (Å²) in [6.07, 6.45) is 0. The number of halogens is 1. The largest absolute Gasteiger partial charge is 0.322 e. The summed E-state index contributed by atoms with van der Waals surface area (Å²) in [6, 6.07) is 31.8. The van der Waals surface area contributed by atoms with Crippen molar-refractivity contribution in [1.29, 1.82) is 0 Å². The first-order valence-corrected chi connectivity index (χ1v) is 11.0. The molecule has 0 fully saturated rings. The van der Waals surface area contributed by atoms with Gasteiger partial charge in [0.15, 0.2) is 0 Å². The van der Waals surface area contributed by atoms with E-state index in [2.05, 4.69) is 11.4 Å². The van der Waals surface area contributed by atoms with Crippen molar-refractivity contribution in [3.63, 3.8) is 0 Å². The molecule has 0 saturated heterocycles. The number of rotatable bonds is 6. The van der Waals surface area contributed by atoms with Gasteiger partial charge in [-0.05, 0) is 60.7 Å². The van der Waals surface area contributed by atoms with E-state index in [4.69, 9.17) is 0 Å². The van der Waals surface area contributed by atoms with Gasteiger partial charge in [-0.2, -0.15) is 0 Å². The Kier molecular flexibility index (Phi) is 6.52. The average molecular weight is 432 g/mol. The Hall–Kier alpha value is -3.02. The number of hydrogen-bond donors (Lipinski definition) is 1. The smallest absolute Gasteiger partial charge is 0.255 e. The van der Waals surface area contributed by atoms with Crippen molar-refractivity contribution in [2.45, 2.75) is 19.6 Å². The molecule has 2 nitrogen and oxygen atoms in total. The number of anilines is 1. The van der Waals surface area contributed by atoms with Crippen LogP contribution in [0.5, 0.6) is 0 Å². The second-order valence-electron chi connectivity index (χ2n) is 6.49. The van der Waals surface area contributed by atoms with Crippen molar-refractivity contribution in [2.24, 2.45) is 0 Å². The van der Waals surface area contributed by atoms with Crippen LogP contribution in [0.2, 0.25) is 0 Å². The minimum absolute atomic E-state index is 0.286. The van der Waals surface area contributed by atoms with E-state index in [1.807, 2.05) is 72.8 Å². The van der Waals surface area contributed by atoms with Crippen LogP contribution in [0.25, 0.3) is 0 Å². The van der Waals surface area contributed by atoms with Gasteiger partial charge in [0.1, 0.15) is 5.82 Å². The Labute approximate surface area is 183 Å². The van der Waals surface area contributed by atoms with E-state index in [1.54, 1.807) is 29.6 Å². The minimum Gasteiger partial charge on any atom is -0.322 e. The van der Waals surface area contributed by atoms with Gasteiger partial charge in [-0.25, -0.2) is 4.39 Å². The molecule has 4 aromatic rings. The maximum atomic E-state index is 13.5. The lowest BCUT2D eigenvalue weighted by atomic mass is 10.2. The summed E-state index contributed by atoms with van der Waals surface area (Å²) in [5.41, 5.74) is 0.956. The van der Waals surface area contributed by atoms with Crippen molar-refractivity contribution in [3.05, 3.63) is 115 Å². The van der Waals surface area contributed by atoms with Crippen molar-refractivity contribution in [3.8, 4) is 0 Å². The van der Waals surface area contributed by atoms with Crippen molar-refractivity contribution < 1.29 is 9.18 Å². The maximum Gasteiger partial charge on any atom is 0.255 e. The van der Waals surface area contributed by atoms with E-state index in [0.29, 0.717) is 5.69 Å². The zero-order chi connectivity index (χ0) is 20.8. The lowest BCUT2D eigenvalue weighted by Crippen LogP contribution is -2.12. The second kappa shape index (κ2) is 9.65. The molecule has 148 valence electrons. The Bertz CT molecular complexity index is 1090. The molecule has 0 saturated carbocycles. The average Bonchev–Trinajstić information content (AvgIpc) is 2.75. The van der Waals surface area contributed by atoms with Crippen LogP contribution in [0.3, 0.4) is 0 Å². The predicted octanol–water partition coefficient (Wildman–Crippen LogP) is 7.38. The number of carbonyl (C=O) groups excluding carboxylic acids is 1. The standard InChI is InChI=1S/C25H18FNOS2/c26-19-9-7-8-18(14-19)25(28)27-20-15-23(29-21-10-3-1-4-11-21)17-24(16-20)30-22-12-5-2-6-13-22/h1-17H,(H,27,28). The zero-order valence-corrected chi connectivity index (χ0v) is 17.6. The first kappa shape index (κ1) is 20.3. The summed E-state index contributed by atoms with van der Waals surface area (Å²) in [5, 5.41) is 2.91. The molecule has 0 aliphatic heterocycles. The van der Waals surface area contributed by atoms with Gasteiger partial charge in [-0.15, -0.1) is 0 Å². The van der Waals surface area contributed by atoms with Crippen LogP contribution in [-0.2, 0) is 0 Å². The highest BCUT2D eigenvalue weighted by atomic mass is 32.2. The topological polar surface area (TPSA) is 29.1 Å². The lowest BCUT2D eigenvalue weighted by molar-refractivity contribution is 0.102. The van der Waals surface area contributed by atoms with Crippen LogP contribution in [0.15, 0.2) is 123 Å². The van der Waals surface area contributed by atoms with E-state index in [1.165, 1.54) is 18.2 Å². The molecule has 5 heteroatoms. The molecule has 0 aliphatic rings. The molecule has 1 amide bonds. The highest BCUT2D eigenvalue weighted by molar-refractivity contribution is 8.00. The van der Waals surface area contributed by atoms with Crippen LogP contribution >= 0.6 is 23.5 Å². The number of carbonyl (C=O) groups is 1. The summed E-state index contributed by atoms with van der Waals surface area (Å²) in [6.45, 7) is 0. The molecule has 0 radical (unpaired) electrons. The third-order valence-corrected chi connectivity index (χ3v) is 6.14. The van der Waals surface area contributed by atoms with Gasteiger partial charge in [-0.1, -0.05) is 66.0 Å². The van der Waals surface area contributed by atoms with Gasteiger partial charge in [0.05, 0.1) is 0 Å². The number of amides is 1. The van der Waals surface area contributed by atoms with Crippen molar-refractivity contribution in [2.75, 3.05) is 5.32 Å². The molecule has 0 bridgehead atoms. The van der Waals surface area contributed by atoms with Gasteiger partial charge in [-0.3, -0.25) is 4.79 Å². The maximum absolute atomic E-state index is 13.5. The van der Waals surface area contributed by atoms with Crippen LogP contribution in [-0.4, -0.2) is 5.91 Å². The van der Waals surface area contributed by atoms with Crippen molar-refractivity contribution in [1.82, 2.24) is 0 Å². The molecule has 30 heavy (non-hydrogen) atoms. The molecule has 4 rings (SSSR count). The molecular formula is C25H18FNOS2. The van der Waals surface area contributed by atoms with Crippen LogP contribution < -0.4 is 5.32 Å². The first-order valence-electron chi connectivity index (χ1n) is 9.33. The highest BCUT2D eigenvalue weighted by Crippen LogP contribution is 2.36. The fourth-order valence-electron chi connectivity index (χ4n) is 2.84. The third kappa shape index (κ3) is 5.53. The van der Waals surface area contributed by atoms with E-state index < -0.39 is 5.82 Å². The third-order valence-electron chi connectivity index (χ3n) is 4.18. The summed E-state index contributed by atoms with van der Waals surface area (Å²) in [4.78, 5) is 16.9. The van der Waals surface area contributed by atoms with Crippen LogP contribution in [0.1, 0.15) is 10.4 Å². The molecule has 0 unspecified atom stereocenters. The van der Waals surface area contributed by atoms with Crippen LogP contribution in [0, 0.1) is 5.82 Å². The van der Waals surface area contributed by atoms with E-state index >= 15 is 0 Å². The summed E-state index contributed by atoms with van der Waals surface area (Å²) in [5.74, 6) is -0.775. The number of nitrogens with one attached hydrogen (secondary N) is 1. The minimum atomic E-state index is -0.434. The second-order valence-corrected chi connectivity index (χ2v) is 8.78. The normalized spacial score (nSPS) is 10.6. The van der Waals surface area contributed by atoms with E-state index in [-0.39, 0.29) is 11.5 Å². The van der Waals surface area contributed by atoms with Gasteiger partial charge in [0.2, 0.25) is 0 Å². The SMILES string of the molecule is O=C(Nc1cc(Sc2ccccc2)cc(Sc2ccccc2)c1)c1cccc(F)c1. The predicted molar refractivity (Wildman–Crippen MR) is 122 cm³/mol. The summed E-state index contributed by atoms with van der Waals surface area (Å²) in [7, 11) is 0. The molecule has 0 heterocycles. The van der Waals surface area contributed by atoms with Gasteiger partial charge in [0.25, 0.3) is 5.91 Å². The molecule has 0 spiro atoms. The Morgan fingerprint density at radius 3 is 1.73 bits per heavy atom. The van der Waals surface area contributed by atoms with Crippen LogP contribution in [0.4, 0.5) is 10.1 Å². The molecule has 0 aliphatic carbocycles. The molecule has 0 atom stereocenters. The Balaban J connectivity index is 1.63. The highest BCUT2D eigenvalue weighted by Gasteiger charge is 2.10. The Morgan fingerprint density at radius 2 is 1.20 bits per heavy atom. The molecule has 1 N–H and O–H groups in total. The number of benzene rings is 4. The summed E-state index contributed by atoms with van der Waals surface area (Å²) < 4.78 is 13.5. The fraction of sp³-hybridized carbons (Fsp3) is 0. The first-order chi connectivity index (χ1) is 14.7. The molecule has 4 aromatic carbocycles. The quantitative estimate of drug-likeness (QED) is 0.345. The number of hydrogen-bond acceptors (Lipinski definition) is 3. The Morgan fingerprint density at radius 1 is 0.633 bits per heavy atom. The lowest BCUT2D eigenvalue weighted by Gasteiger charge is -2.11. The molecule has 0 aromatic heterocycles. The van der Waals surface area contributed by atoms with Gasteiger partial charge < -0.3 is 5.32 Å². The fourth-order valence-corrected chi connectivity index (χ4v) is 4.79. The van der Waals surface area contributed by atoms with Gasteiger partial charge >= 0.3 is 0 Å².